The lowest BCUT2D eigenvalue weighted by molar-refractivity contribution is 0.102. The normalized spacial score (nSPS) is 10.7. The first-order valence-corrected chi connectivity index (χ1v) is 9.16. The van der Waals surface area contributed by atoms with Crippen LogP contribution in [0.25, 0.3) is 5.82 Å². The van der Waals surface area contributed by atoms with Crippen molar-refractivity contribution in [2.24, 2.45) is 0 Å². The summed E-state index contributed by atoms with van der Waals surface area (Å²) in [7, 11) is 0. The lowest BCUT2D eigenvalue weighted by Gasteiger charge is -2.10. The average Bonchev–Trinajstić information content (AvgIpc) is 2.94. The lowest BCUT2D eigenvalue weighted by atomic mass is 10.1. The van der Waals surface area contributed by atoms with Crippen molar-refractivity contribution in [1.29, 1.82) is 0 Å². The maximum atomic E-state index is 12.5. The Bertz CT molecular complexity index is 916. The number of carbonyl (C=O) groups excluding carboxylic acids is 1. The molecule has 2 aromatic heterocycles. The molecule has 0 radical (unpaired) electrons. The molecule has 0 bridgehead atoms. The molecule has 3 aromatic rings. The van der Waals surface area contributed by atoms with Gasteiger partial charge in [0.05, 0.1) is 17.6 Å². The first-order valence-electron chi connectivity index (χ1n) is 7.93. The van der Waals surface area contributed by atoms with Crippen LogP contribution in [0.15, 0.2) is 47.5 Å². The number of amides is 1. The first kappa shape index (κ1) is 17.2. The van der Waals surface area contributed by atoms with Crippen LogP contribution in [0.5, 0.6) is 0 Å². The predicted molar refractivity (Wildman–Crippen MR) is 102 cm³/mol. The molecule has 128 valence electrons. The van der Waals surface area contributed by atoms with Gasteiger partial charge in [0.25, 0.3) is 5.91 Å². The van der Waals surface area contributed by atoms with Crippen molar-refractivity contribution in [3.63, 3.8) is 0 Å². The molecule has 0 aliphatic heterocycles. The van der Waals surface area contributed by atoms with E-state index in [0.29, 0.717) is 11.3 Å². The number of thioether (sulfide) groups is 1. The van der Waals surface area contributed by atoms with Crippen molar-refractivity contribution >= 4 is 23.4 Å². The van der Waals surface area contributed by atoms with E-state index in [9.17, 15) is 4.79 Å². The molecule has 6 heteroatoms. The molecule has 0 saturated carbocycles. The molecule has 0 aliphatic rings. The third-order valence-electron chi connectivity index (χ3n) is 3.92. The minimum atomic E-state index is -0.130. The van der Waals surface area contributed by atoms with E-state index in [1.54, 1.807) is 22.6 Å². The van der Waals surface area contributed by atoms with Gasteiger partial charge in [-0.05, 0) is 62.9 Å². The molecule has 1 aromatic carbocycles. The Hall–Kier alpha value is -2.60. The minimum absolute atomic E-state index is 0.130. The zero-order valence-electron chi connectivity index (χ0n) is 14.7. The van der Waals surface area contributed by atoms with Crippen molar-refractivity contribution in [2.45, 2.75) is 25.7 Å². The van der Waals surface area contributed by atoms with Gasteiger partial charge in [-0.2, -0.15) is 5.10 Å². The van der Waals surface area contributed by atoms with Gasteiger partial charge >= 0.3 is 0 Å². The van der Waals surface area contributed by atoms with E-state index < -0.39 is 0 Å². The zero-order chi connectivity index (χ0) is 18.0. The zero-order valence-corrected chi connectivity index (χ0v) is 15.5. The molecular formula is C19H20N4OS. The number of anilines is 1. The van der Waals surface area contributed by atoms with Gasteiger partial charge in [-0.15, -0.1) is 11.8 Å². The van der Waals surface area contributed by atoms with Crippen LogP contribution in [0, 0.1) is 20.8 Å². The van der Waals surface area contributed by atoms with Gasteiger partial charge in [0.1, 0.15) is 0 Å². The van der Waals surface area contributed by atoms with E-state index in [-0.39, 0.29) is 5.91 Å². The number of pyridine rings is 1. The van der Waals surface area contributed by atoms with Gasteiger partial charge < -0.3 is 5.32 Å². The van der Waals surface area contributed by atoms with Crippen LogP contribution in [0.1, 0.15) is 27.3 Å². The van der Waals surface area contributed by atoms with Crippen molar-refractivity contribution in [2.75, 3.05) is 11.6 Å². The van der Waals surface area contributed by atoms with E-state index in [1.807, 2.05) is 63.4 Å². The molecule has 0 spiro atoms. The summed E-state index contributed by atoms with van der Waals surface area (Å²) in [6.45, 7) is 5.87. The number of carbonyl (C=O) groups is 1. The highest BCUT2D eigenvalue weighted by molar-refractivity contribution is 7.98. The number of hydrogen-bond donors (Lipinski definition) is 1. The maximum absolute atomic E-state index is 12.5. The molecular weight excluding hydrogens is 332 g/mol. The quantitative estimate of drug-likeness (QED) is 0.716. The largest absolute Gasteiger partial charge is 0.321 e. The van der Waals surface area contributed by atoms with Gasteiger partial charge in [-0.1, -0.05) is 6.07 Å². The molecule has 1 N–H and O–H groups in total. The van der Waals surface area contributed by atoms with E-state index in [1.165, 1.54) is 0 Å². The molecule has 2 heterocycles. The highest BCUT2D eigenvalue weighted by Gasteiger charge is 2.11. The lowest BCUT2D eigenvalue weighted by Crippen LogP contribution is -2.14. The summed E-state index contributed by atoms with van der Waals surface area (Å²) in [6, 6.07) is 11.6. The number of benzene rings is 1. The van der Waals surface area contributed by atoms with Gasteiger partial charge in [0.2, 0.25) is 0 Å². The average molecular weight is 352 g/mol. The van der Waals surface area contributed by atoms with Crippen LogP contribution in [-0.4, -0.2) is 26.9 Å². The second-order valence-electron chi connectivity index (χ2n) is 5.88. The number of aromatic nitrogens is 3. The fourth-order valence-corrected chi connectivity index (χ4v) is 3.06. The second kappa shape index (κ2) is 7.11. The van der Waals surface area contributed by atoms with Crippen molar-refractivity contribution in [3.8, 4) is 5.82 Å². The topological polar surface area (TPSA) is 59.8 Å². The summed E-state index contributed by atoms with van der Waals surface area (Å²) in [5, 5.41) is 7.32. The van der Waals surface area contributed by atoms with E-state index in [4.69, 9.17) is 0 Å². The molecule has 0 unspecified atom stereocenters. The third kappa shape index (κ3) is 3.74. The monoisotopic (exact) mass is 352 g/mol. The number of rotatable bonds is 4. The highest BCUT2D eigenvalue weighted by atomic mass is 32.2. The molecule has 0 saturated heterocycles. The predicted octanol–water partition coefficient (Wildman–Crippen LogP) is 4.17. The Labute approximate surface area is 151 Å². The van der Waals surface area contributed by atoms with Gasteiger partial charge in [-0.3, -0.25) is 4.79 Å². The Morgan fingerprint density at radius 2 is 1.92 bits per heavy atom. The Morgan fingerprint density at radius 3 is 2.52 bits per heavy atom. The number of aryl methyl sites for hydroxylation is 3. The summed E-state index contributed by atoms with van der Waals surface area (Å²) in [6.07, 6.45) is 3.64. The Morgan fingerprint density at radius 1 is 1.12 bits per heavy atom. The fourth-order valence-electron chi connectivity index (χ4n) is 2.62. The summed E-state index contributed by atoms with van der Waals surface area (Å²) < 4.78 is 1.78. The third-order valence-corrected chi connectivity index (χ3v) is 4.65. The molecule has 25 heavy (non-hydrogen) atoms. The molecule has 0 atom stereocenters. The number of hydrogen-bond acceptors (Lipinski definition) is 4. The molecule has 0 fully saturated rings. The van der Waals surface area contributed by atoms with Gasteiger partial charge in [0.15, 0.2) is 5.82 Å². The smallest absolute Gasteiger partial charge is 0.256 e. The summed E-state index contributed by atoms with van der Waals surface area (Å²) in [5.74, 6) is 0.596. The number of nitrogens with one attached hydrogen (secondary N) is 1. The maximum Gasteiger partial charge on any atom is 0.256 e. The van der Waals surface area contributed by atoms with Crippen LogP contribution in [0.3, 0.4) is 0 Å². The van der Waals surface area contributed by atoms with Crippen molar-refractivity contribution in [1.82, 2.24) is 14.8 Å². The minimum Gasteiger partial charge on any atom is -0.321 e. The highest BCUT2D eigenvalue weighted by Crippen LogP contribution is 2.20. The molecule has 0 aliphatic carbocycles. The Balaban J connectivity index is 1.80. The molecule has 1 amide bonds. The Kier molecular flexibility index (Phi) is 4.90. The van der Waals surface area contributed by atoms with Crippen molar-refractivity contribution in [3.05, 3.63) is 65.1 Å². The van der Waals surface area contributed by atoms with Crippen LogP contribution in [0.2, 0.25) is 0 Å². The fraction of sp³-hybridized carbons (Fsp3) is 0.211. The first-order chi connectivity index (χ1) is 12.0. The van der Waals surface area contributed by atoms with Gasteiger partial charge in [0, 0.05) is 16.2 Å². The number of nitrogens with zero attached hydrogens (tertiary/aromatic N) is 3. The van der Waals surface area contributed by atoms with Crippen LogP contribution in [-0.2, 0) is 0 Å². The van der Waals surface area contributed by atoms with Crippen LogP contribution < -0.4 is 5.32 Å². The van der Waals surface area contributed by atoms with E-state index >= 15 is 0 Å². The van der Waals surface area contributed by atoms with Crippen molar-refractivity contribution < 1.29 is 4.79 Å². The SMILES string of the molecule is CSc1ccc(C)c(C(=O)Nc2ccc(-n3nc(C)cc3C)nc2)c1. The van der Waals surface area contributed by atoms with Crippen LogP contribution in [0.4, 0.5) is 5.69 Å². The van der Waals surface area contributed by atoms with Crippen LogP contribution >= 0.6 is 11.8 Å². The summed E-state index contributed by atoms with van der Waals surface area (Å²) in [4.78, 5) is 18.0. The molecule has 5 nitrogen and oxygen atoms in total. The second-order valence-corrected chi connectivity index (χ2v) is 6.76. The standard InChI is InChI=1S/C19H20N4OS/c1-12-5-7-16(25-4)10-17(12)19(24)21-15-6-8-18(20-11-15)23-14(3)9-13(2)22-23/h5-11H,1-4H3,(H,21,24). The summed E-state index contributed by atoms with van der Waals surface area (Å²) in [5.41, 5.74) is 4.24. The van der Waals surface area contributed by atoms with Gasteiger partial charge in [-0.25, -0.2) is 9.67 Å². The van der Waals surface area contributed by atoms with E-state index in [2.05, 4.69) is 15.4 Å². The molecule has 3 rings (SSSR count). The van der Waals surface area contributed by atoms with E-state index in [0.717, 1.165) is 27.7 Å². The summed E-state index contributed by atoms with van der Waals surface area (Å²) >= 11 is 1.62.